The van der Waals surface area contributed by atoms with E-state index in [-0.39, 0.29) is 0 Å². The Kier molecular flexibility index (Phi) is 2.55. The van der Waals surface area contributed by atoms with Gasteiger partial charge in [0.05, 0.1) is 0 Å². The van der Waals surface area contributed by atoms with Gasteiger partial charge < -0.3 is 0 Å². The minimum atomic E-state index is 1.26. The summed E-state index contributed by atoms with van der Waals surface area (Å²) in [7, 11) is 2.08. The molecular formula is C14H16N+. The lowest BCUT2D eigenvalue weighted by molar-refractivity contribution is -0.660. The van der Waals surface area contributed by atoms with E-state index in [9.17, 15) is 0 Å². The molecule has 2 aromatic rings. The first-order valence-electron chi connectivity index (χ1n) is 5.21. The second-order valence-electron chi connectivity index (χ2n) is 3.94. The molecular weight excluding hydrogens is 182 g/mol. The summed E-state index contributed by atoms with van der Waals surface area (Å²) < 4.78 is 2.15. The molecule has 1 aromatic heterocycles. The maximum absolute atomic E-state index is 2.18. The smallest absolute Gasteiger partial charge is 0.201 e. The van der Waals surface area contributed by atoms with Gasteiger partial charge in [0.25, 0.3) is 0 Å². The standard InChI is InChI=1S/C14H16N/c1-11-7-6-8-13(12(11)2)14-9-4-5-10-15(14)3/h4-10H,1-3H3/q+1. The highest BCUT2D eigenvalue weighted by atomic mass is 14.9. The third-order valence-corrected chi connectivity index (χ3v) is 2.94. The summed E-state index contributed by atoms with van der Waals surface area (Å²) in [5, 5.41) is 0. The molecule has 0 fully saturated rings. The van der Waals surface area contributed by atoms with Crippen LogP contribution in [0, 0.1) is 13.8 Å². The molecule has 0 spiro atoms. The number of pyridine rings is 1. The summed E-state index contributed by atoms with van der Waals surface area (Å²) >= 11 is 0. The lowest BCUT2D eigenvalue weighted by atomic mass is 10.0. The molecule has 0 bridgehead atoms. The van der Waals surface area contributed by atoms with Crippen LogP contribution in [0.3, 0.4) is 0 Å². The van der Waals surface area contributed by atoms with Gasteiger partial charge in [-0.2, -0.15) is 0 Å². The molecule has 0 amide bonds. The second-order valence-corrected chi connectivity index (χ2v) is 3.94. The molecule has 0 radical (unpaired) electrons. The number of aryl methyl sites for hydroxylation is 2. The summed E-state index contributed by atoms with van der Waals surface area (Å²) in [4.78, 5) is 0. The van der Waals surface area contributed by atoms with Crippen molar-refractivity contribution in [2.24, 2.45) is 7.05 Å². The van der Waals surface area contributed by atoms with Crippen molar-refractivity contribution in [3.8, 4) is 11.3 Å². The number of aromatic nitrogens is 1. The molecule has 1 heterocycles. The number of benzene rings is 1. The van der Waals surface area contributed by atoms with E-state index in [1.165, 1.54) is 22.4 Å². The van der Waals surface area contributed by atoms with Gasteiger partial charge >= 0.3 is 0 Å². The van der Waals surface area contributed by atoms with Crippen LogP contribution in [0.1, 0.15) is 11.1 Å². The first-order chi connectivity index (χ1) is 7.20. The van der Waals surface area contributed by atoms with E-state index in [0.717, 1.165) is 0 Å². The first-order valence-corrected chi connectivity index (χ1v) is 5.21. The normalized spacial score (nSPS) is 10.3. The van der Waals surface area contributed by atoms with Crippen molar-refractivity contribution >= 4 is 0 Å². The molecule has 0 aliphatic carbocycles. The topological polar surface area (TPSA) is 3.88 Å². The fourth-order valence-corrected chi connectivity index (χ4v) is 1.83. The van der Waals surface area contributed by atoms with Gasteiger partial charge in [-0.1, -0.05) is 12.1 Å². The summed E-state index contributed by atoms with van der Waals surface area (Å²) in [5.74, 6) is 0. The van der Waals surface area contributed by atoms with Gasteiger partial charge in [0, 0.05) is 17.7 Å². The van der Waals surface area contributed by atoms with Gasteiger partial charge in [0.2, 0.25) is 5.69 Å². The average molecular weight is 198 g/mol. The van der Waals surface area contributed by atoms with Crippen LogP contribution >= 0.6 is 0 Å². The Hall–Kier alpha value is -1.63. The van der Waals surface area contributed by atoms with Gasteiger partial charge in [-0.3, -0.25) is 0 Å². The van der Waals surface area contributed by atoms with E-state index in [0.29, 0.717) is 0 Å². The van der Waals surface area contributed by atoms with E-state index in [1.807, 2.05) is 0 Å². The molecule has 1 aromatic carbocycles. The van der Waals surface area contributed by atoms with Gasteiger partial charge in [0.1, 0.15) is 7.05 Å². The minimum absolute atomic E-state index is 1.26. The fraction of sp³-hybridized carbons (Fsp3) is 0.214. The molecule has 2 rings (SSSR count). The van der Waals surface area contributed by atoms with Gasteiger partial charge in [-0.15, -0.1) is 0 Å². The second kappa shape index (κ2) is 3.85. The first kappa shape index (κ1) is 9.91. The summed E-state index contributed by atoms with van der Waals surface area (Å²) in [6.07, 6.45) is 2.08. The Labute approximate surface area is 91.0 Å². The highest BCUT2D eigenvalue weighted by molar-refractivity contribution is 5.62. The number of rotatable bonds is 1. The van der Waals surface area contributed by atoms with E-state index in [4.69, 9.17) is 0 Å². The molecule has 15 heavy (non-hydrogen) atoms. The maximum Gasteiger partial charge on any atom is 0.212 e. The Morgan fingerprint density at radius 1 is 0.933 bits per heavy atom. The zero-order chi connectivity index (χ0) is 10.8. The summed E-state index contributed by atoms with van der Waals surface area (Å²) in [6, 6.07) is 12.7. The van der Waals surface area contributed by atoms with Crippen molar-refractivity contribution in [2.75, 3.05) is 0 Å². The molecule has 0 saturated heterocycles. The Morgan fingerprint density at radius 3 is 2.47 bits per heavy atom. The van der Waals surface area contributed by atoms with E-state index in [2.05, 4.69) is 68.1 Å². The predicted octanol–water partition coefficient (Wildman–Crippen LogP) is 2.79. The average Bonchev–Trinajstić information content (AvgIpc) is 2.23. The van der Waals surface area contributed by atoms with Crippen molar-refractivity contribution in [2.45, 2.75) is 13.8 Å². The molecule has 0 saturated carbocycles. The molecule has 1 nitrogen and oxygen atoms in total. The van der Waals surface area contributed by atoms with Crippen LogP contribution < -0.4 is 4.57 Å². The SMILES string of the molecule is Cc1cccc(-c2cccc[n+]2C)c1C. The van der Waals surface area contributed by atoms with Crippen LogP contribution in [-0.4, -0.2) is 0 Å². The van der Waals surface area contributed by atoms with Crippen molar-refractivity contribution in [1.82, 2.24) is 0 Å². The molecule has 0 aliphatic heterocycles. The van der Waals surface area contributed by atoms with Crippen LogP contribution in [-0.2, 0) is 7.05 Å². The Bertz CT molecular complexity index is 486. The molecule has 0 unspecified atom stereocenters. The van der Waals surface area contributed by atoms with Gasteiger partial charge in [-0.05, 0) is 37.1 Å². The van der Waals surface area contributed by atoms with Crippen LogP contribution in [0.2, 0.25) is 0 Å². The van der Waals surface area contributed by atoms with Gasteiger partial charge in [-0.25, -0.2) is 4.57 Å². The maximum atomic E-state index is 2.18. The van der Waals surface area contributed by atoms with Crippen LogP contribution in [0.4, 0.5) is 0 Å². The van der Waals surface area contributed by atoms with Gasteiger partial charge in [0.15, 0.2) is 6.20 Å². The third-order valence-electron chi connectivity index (χ3n) is 2.94. The van der Waals surface area contributed by atoms with E-state index in [1.54, 1.807) is 0 Å². The number of hydrogen-bond acceptors (Lipinski definition) is 0. The van der Waals surface area contributed by atoms with E-state index >= 15 is 0 Å². The predicted molar refractivity (Wildman–Crippen MR) is 62.5 cm³/mol. The summed E-state index contributed by atoms with van der Waals surface area (Å²) in [6.45, 7) is 4.33. The van der Waals surface area contributed by atoms with Crippen molar-refractivity contribution in [1.29, 1.82) is 0 Å². The van der Waals surface area contributed by atoms with E-state index < -0.39 is 0 Å². The molecule has 76 valence electrons. The largest absolute Gasteiger partial charge is 0.212 e. The quantitative estimate of drug-likeness (QED) is 0.620. The summed E-state index contributed by atoms with van der Waals surface area (Å²) in [5.41, 5.74) is 5.28. The lowest BCUT2D eigenvalue weighted by Gasteiger charge is -2.06. The Balaban J connectivity index is 2.65. The lowest BCUT2D eigenvalue weighted by Crippen LogP contribution is -2.30. The number of nitrogens with zero attached hydrogens (tertiary/aromatic N) is 1. The monoisotopic (exact) mass is 198 g/mol. The molecule has 0 aliphatic rings. The highest BCUT2D eigenvalue weighted by Crippen LogP contribution is 2.21. The van der Waals surface area contributed by atoms with Crippen molar-refractivity contribution in [3.63, 3.8) is 0 Å². The van der Waals surface area contributed by atoms with Crippen molar-refractivity contribution < 1.29 is 4.57 Å². The number of hydrogen-bond donors (Lipinski definition) is 0. The van der Waals surface area contributed by atoms with Crippen molar-refractivity contribution in [3.05, 3.63) is 53.7 Å². The van der Waals surface area contributed by atoms with Crippen LogP contribution in [0.15, 0.2) is 42.6 Å². The fourth-order valence-electron chi connectivity index (χ4n) is 1.83. The van der Waals surface area contributed by atoms with Crippen LogP contribution in [0.25, 0.3) is 11.3 Å². The minimum Gasteiger partial charge on any atom is -0.201 e. The molecule has 0 atom stereocenters. The zero-order valence-electron chi connectivity index (χ0n) is 9.49. The Morgan fingerprint density at radius 2 is 1.73 bits per heavy atom. The molecule has 1 heteroatoms. The third kappa shape index (κ3) is 1.78. The highest BCUT2D eigenvalue weighted by Gasteiger charge is 2.11. The molecule has 0 N–H and O–H groups in total. The zero-order valence-corrected chi connectivity index (χ0v) is 9.49. The van der Waals surface area contributed by atoms with Crippen LogP contribution in [0.5, 0.6) is 0 Å².